The van der Waals surface area contributed by atoms with Gasteiger partial charge in [-0.1, -0.05) is 72.5 Å². The fourth-order valence-electron chi connectivity index (χ4n) is 3.75. The number of thiocarbonyl (C=S) groups is 1. The number of nitro groups is 1. The number of thioether (sulfide) groups is 1. The maximum Gasteiger partial charge on any atom is 0.273 e. The Morgan fingerprint density at radius 1 is 1.06 bits per heavy atom. The zero-order chi connectivity index (χ0) is 23.1. The number of nitro benzene ring substituents is 1. The van der Waals surface area contributed by atoms with Gasteiger partial charge in [0.25, 0.3) is 11.6 Å². The molecule has 2 heterocycles. The summed E-state index contributed by atoms with van der Waals surface area (Å²) in [6, 6.07) is 22.0. The number of carbonyl (C=O) groups is 1. The first-order chi connectivity index (χ1) is 15.9. The van der Waals surface area contributed by atoms with Crippen molar-refractivity contribution < 1.29 is 14.1 Å². The molecular weight excluding hydrogens is 456 g/mol. The fraction of sp³-hybridized carbons (Fsp3) is 0.0400. The number of furan rings is 1. The molecule has 3 aromatic carbocycles. The van der Waals surface area contributed by atoms with Gasteiger partial charge < -0.3 is 4.42 Å². The standard InChI is InChI=1S/C25H16N2O4S2/c1-15-9-10-17(13-21(15)27(29)30)22-12-11-18(31-22)14-23-24(28)26(25(32)33-23)20-8-4-6-16-5-2-3-7-19(16)20/h2-14H,1H3/b23-14-. The van der Waals surface area contributed by atoms with Gasteiger partial charge in [0.15, 0.2) is 4.32 Å². The highest BCUT2D eigenvalue weighted by molar-refractivity contribution is 8.27. The third-order valence-corrected chi connectivity index (χ3v) is 6.69. The van der Waals surface area contributed by atoms with Gasteiger partial charge in [0, 0.05) is 28.7 Å². The van der Waals surface area contributed by atoms with Crippen molar-refractivity contribution in [3.63, 3.8) is 0 Å². The van der Waals surface area contributed by atoms with Crippen molar-refractivity contribution >= 4 is 62.4 Å². The van der Waals surface area contributed by atoms with E-state index in [1.54, 1.807) is 42.2 Å². The Bertz CT molecular complexity index is 1480. The van der Waals surface area contributed by atoms with Gasteiger partial charge in [-0.2, -0.15) is 0 Å². The molecule has 1 saturated heterocycles. The number of carbonyl (C=O) groups excluding carboxylic acids is 1. The summed E-state index contributed by atoms with van der Waals surface area (Å²) < 4.78 is 6.32. The van der Waals surface area contributed by atoms with Crippen molar-refractivity contribution in [3.8, 4) is 11.3 Å². The Balaban J connectivity index is 1.46. The van der Waals surface area contributed by atoms with Crippen molar-refractivity contribution in [1.82, 2.24) is 0 Å². The largest absolute Gasteiger partial charge is 0.457 e. The number of fused-ring (bicyclic) bond motifs is 1. The zero-order valence-corrected chi connectivity index (χ0v) is 19.0. The van der Waals surface area contributed by atoms with Gasteiger partial charge in [-0.3, -0.25) is 19.8 Å². The van der Waals surface area contributed by atoms with Crippen LogP contribution in [0.3, 0.4) is 0 Å². The van der Waals surface area contributed by atoms with Crippen LogP contribution in [0.4, 0.5) is 11.4 Å². The number of rotatable bonds is 4. The monoisotopic (exact) mass is 472 g/mol. The van der Waals surface area contributed by atoms with E-state index >= 15 is 0 Å². The minimum absolute atomic E-state index is 0.0291. The number of hydrogen-bond acceptors (Lipinski definition) is 6. The van der Waals surface area contributed by atoms with E-state index in [4.69, 9.17) is 16.6 Å². The summed E-state index contributed by atoms with van der Waals surface area (Å²) in [7, 11) is 0. The SMILES string of the molecule is Cc1ccc(-c2ccc(/C=C3\SC(=S)N(c4cccc5ccccc45)C3=O)o2)cc1[N+](=O)[O-]. The Labute approximate surface area is 198 Å². The minimum Gasteiger partial charge on any atom is -0.457 e. The Hall–Kier alpha value is -3.75. The van der Waals surface area contributed by atoms with Crippen LogP contribution in [0.1, 0.15) is 11.3 Å². The van der Waals surface area contributed by atoms with Gasteiger partial charge in [0.1, 0.15) is 11.5 Å². The van der Waals surface area contributed by atoms with Crippen LogP contribution in [0.25, 0.3) is 28.2 Å². The predicted octanol–water partition coefficient (Wildman–Crippen LogP) is 6.72. The molecule has 0 saturated carbocycles. The van der Waals surface area contributed by atoms with Crippen LogP contribution in [0.15, 0.2) is 82.1 Å². The highest BCUT2D eigenvalue weighted by atomic mass is 32.2. The zero-order valence-electron chi connectivity index (χ0n) is 17.3. The van der Waals surface area contributed by atoms with E-state index in [9.17, 15) is 14.9 Å². The number of hydrogen-bond donors (Lipinski definition) is 0. The fourth-order valence-corrected chi connectivity index (χ4v) is 5.02. The number of amides is 1. The van der Waals surface area contributed by atoms with Crippen LogP contribution < -0.4 is 4.90 Å². The molecule has 0 spiro atoms. The van der Waals surface area contributed by atoms with Crippen LogP contribution in [0, 0.1) is 17.0 Å². The average molecular weight is 473 g/mol. The molecule has 0 unspecified atom stereocenters. The summed E-state index contributed by atoms with van der Waals surface area (Å²) in [6.07, 6.45) is 1.65. The summed E-state index contributed by atoms with van der Waals surface area (Å²) >= 11 is 6.73. The van der Waals surface area contributed by atoms with Crippen LogP contribution in [-0.2, 0) is 4.79 Å². The van der Waals surface area contributed by atoms with Crippen LogP contribution in [0.2, 0.25) is 0 Å². The highest BCUT2D eigenvalue weighted by Gasteiger charge is 2.34. The molecule has 5 rings (SSSR count). The first kappa shape index (κ1) is 21.1. The maximum absolute atomic E-state index is 13.2. The van der Waals surface area contributed by atoms with Crippen molar-refractivity contribution in [3.05, 3.63) is 99.1 Å². The third kappa shape index (κ3) is 3.83. The lowest BCUT2D eigenvalue weighted by molar-refractivity contribution is -0.385. The first-order valence-electron chi connectivity index (χ1n) is 10.0. The topological polar surface area (TPSA) is 76.6 Å². The van der Waals surface area contributed by atoms with Gasteiger partial charge in [-0.25, -0.2) is 0 Å². The highest BCUT2D eigenvalue weighted by Crippen LogP contribution is 2.39. The first-order valence-corrected chi connectivity index (χ1v) is 11.3. The van der Waals surface area contributed by atoms with Crippen LogP contribution >= 0.6 is 24.0 Å². The lowest BCUT2D eigenvalue weighted by Gasteiger charge is -2.17. The molecule has 1 aliphatic heterocycles. The quantitative estimate of drug-likeness (QED) is 0.142. The van der Waals surface area contributed by atoms with Gasteiger partial charge >= 0.3 is 0 Å². The summed E-state index contributed by atoms with van der Waals surface area (Å²) in [4.78, 5) is 26.1. The Morgan fingerprint density at radius 3 is 2.67 bits per heavy atom. The molecule has 0 atom stereocenters. The molecule has 0 bridgehead atoms. The number of anilines is 1. The summed E-state index contributed by atoms with van der Waals surface area (Å²) in [5, 5.41) is 13.2. The molecule has 1 aromatic heterocycles. The molecule has 8 heteroatoms. The molecule has 0 N–H and O–H groups in total. The van der Waals surface area contributed by atoms with Crippen molar-refractivity contribution in [1.29, 1.82) is 0 Å². The van der Waals surface area contributed by atoms with Gasteiger partial charge in [-0.15, -0.1) is 0 Å². The molecule has 162 valence electrons. The molecule has 6 nitrogen and oxygen atoms in total. The molecule has 4 aromatic rings. The average Bonchev–Trinajstić information content (AvgIpc) is 3.38. The van der Waals surface area contributed by atoms with E-state index in [2.05, 4.69) is 0 Å². The van der Waals surface area contributed by atoms with Crippen molar-refractivity contribution in [2.24, 2.45) is 0 Å². The number of benzene rings is 3. The van der Waals surface area contributed by atoms with E-state index in [0.717, 1.165) is 16.5 Å². The molecule has 0 radical (unpaired) electrons. The second kappa shape index (κ2) is 8.31. The van der Waals surface area contributed by atoms with E-state index in [1.807, 2.05) is 42.5 Å². The number of nitrogens with zero attached hydrogens (tertiary/aromatic N) is 2. The minimum atomic E-state index is -0.415. The third-order valence-electron chi connectivity index (χ3n) is 5.39. The summed E-state index contributed by atoms with van der Waals surface area (Å²) in [5.74, 6) is 0.728. The van der Waals surface area contributed by atoms with E-state index < -0.39 is 4.92 Å². The predicted molar refractivity (Wildman–Crippen MR) is 135 cm³/mol. The molecule has 1 aliphatic rings. The Morgan fingerprint density at radius 2 is 1.85 bits per heavy atom. The lowest BCUT2D eigenvalue weighted by Crippen LogP contribution is -2.27. The molecule has 1 fully saturated rings. The van der Waals surface area contributed by atoms with Crippen molar-refractivity contribution in [2.45, 2.75) is 6.92 Å². The number of aryl methyl sites for hydroxylation is 1. The second-order valence-electron chi connectivity index (χ2n) is 7.48. The molecule has 0 aliphatic carbocycles. The smallest absolute Gasteiger partial charge is 0.273 e. The van der Waals surface area contributed by atoms with Gasteiger partial charge in [0.2, 0.25) is 0 Å². The summed E-state index contributed by atoms with van der Waals surface area (Å²) in [5.41, 5.74) is 1.94. The summed E-state index contributed by atoms with van der Waals surface area (Å²) in [6.45, 7) is 1.69. The van der Waals surface area contributed by atoms with Crippen LogP contribution in [-0.4, -0.2) is 15.2 Å². The van der Waals surface area contributed by atoms with E-state index in [0.29, 0.717) is 31.9 Å². The van der Waals surface area contributed by atoms with Crippen molar-refractivity contribution in [2.75, 3.05) is 4.90 Å². The van der Waals surface area contributed by atoms with E-state index in [1.165, 1.54) is 17.8 Å². The van der Waals surface area contributed by atoms with E-state index in [-0.39, 0.29) is 11.6 Å². The van der Waals surface area contributed by atoms with Gasteiger partial charge in [0.05, 0.1) is 15.5 Å². The normalized spacial score (nSPS) is 15.1. The molecular formula is C25H16N2O4S2. The maximum atomic E-state index is 13.2. The second-order valence-corrected chi connectivity index (χ2v) is 9.15. The van der Waals surface area contributed by atoms with Crippen LogP contribution in [0.5, 0.6) is 0 Å². The molecule has 33 heavy (non-hydrogen) atoms. The Kier molecular flexibility index (Phi) is 5.32. The lowest BCUT2D eigenvalue weighted by atomic mass is 10.1. The van der Waals surface area contributed by atoms with Gasteiger partial charge in [-0.05, 0) is 30.5 Å². The molecule has 1 amide bonds.